The van der Waals surface area contributed by atoms with E-state index in [1.807, 2.05) is 0 Å². The van der Waals surface area contributed by atoms with Gasteiger partial charge in [0, 0.05) is 0 Å². The molecule has 0 aromatic heterocycles. The summed E-state index contributed by atoms with van der Waals surface area (Å²) in [5.74, 6) is 2.51. The van der Waals surface area contributed by atoms with Crippen LogP contribution in [0.15, 0.2) is 0 Å². The first-order chi connectivity index (χ1) is 17.1. The molecule has 8 heteroatoms. The summed E-state index contributed by atoms with van der Waals surface area (Å²) in [5.41, 5.74) is 0.509. The Kier molecular flexibility index (Phi) is 8.16. The molecule has 4 aliphatic rings. The first-order valence-electron chi connectivity index (χ1n) is 14.7. The Morgan fingerprint density at radius 3 is 2.27 bits per heavy atom. The molecule has 0 radical (unpaired) electrons. The summed E-state index contributed by atoms with van der Waals surface area (Å²) in [4.78, 5) is 11.9. The summed E-state index contributed by atoms with van der Waals surface area (Å²) in [6.45, 7) is 12.0. The van der Waals surface area contributed by atoms with Gasteiger partial charge in [-0.2, -0.15) is 17.2 Å². The molecule has 0 aromatic rings. The van der Waals surface area contributed by atoms with Gasteiger partial charge in [0.15, 0.2) is 0 Å². The van der Waals surface area contributed by atoms with Gasteiger partial charge in [0.25, 0.3) is 0 Å². The molecule has 0 aromatic carbocycles. The number of carbonyl (C=O) groups excluding carboxylic acids is 1. The van der Waals surface area contributed by atoms with Crippen LogP contribution in [0, 0.1) is 52.3 Å². The number of esters is 1. The summed E-state index contributed by atoms with van der Waals surface area (Å²) in [7, 11) is -5.85. The van der Waals surface area contributed by atoms with Crippen LogP contribution < -0.4 is 0 Å². The van der Waals surface area contributed by atoms with E-state index in [2.05, 4.69) is 34.6 Å². The molecule has 4 fully saturated rings. The molecule has 4 saturated carbocycles. The molecule has 0 saturated heterocycles. The van der Waals surface area contributed by atoms with Gasteiger partial charge >= 0.3 is 21.3 Å². The van der Waals surface area contributed by atoms with E-state index in [9.17, 15) is 22.0 Å². The highest BCUT2D eigenvalue weighted by atomic mass is 32.2. The largest absolute Gasteiger partial charge is 0.465 e. The zero-order valence-corrected chi connectivity index (χ0v) is 24.2. The predicted octanol–water partition coefficient (Wildman–Crippen LogP) is 7.50. The molecule has 0 amide bonds. The molecule has 0 aliphatic heterocycles. The molecular formula is C29H48F2O5S. The number of ether oxygens (including phenoxy) is 1. The maximum absolute atomic E-state index is 13.7. The van der Waals surface area contributed by atoms with Crippen LogP contribution in [-0.4, -0.2) is 30.3 Å². The van der Waals surface area contributed by atoms with Crippen molar-refractivity contribution >= 4 is 16.1 Å². The second-order valence-corrected chi connectivity index (χ2v) is 15.4. The molecule has 1 N–H and O–H groups in total. The Morgan fingerprint density at radius 1 is 0.973 bits per heavy atom. The van der Waals surface area contributed by atoms with Gasteiger partial charge in [0.1, 0.15) is 6.10 Å². The van der Waals surface area contributed by atoms with Crippen LogP contribution in [0.4, 0.5) is 8.78 Å². The minimum atomic E-state index is -5.85. The van der Waals surface area contributed by atoms with Gasteiger partial charge in [0.2, 0.25) is 0 Å². The lowest BCUT2D eigenvalue weighted by Gasteiger charge is -2.61. The molecule has 0 heterocycles. The fourth-order valence-corrected chi connectivity index (χ4v) is 9.93. The third kappa shape index (κ3) is 5.24. The lowest BCUT2D eigenvalue weighted by atomic mass is 9.44. The highest BCUT2D eigenvalue weighted by Gasteiger charge is 2.61. The fraction of sp³-hybridized carbons (Fsp3) is 0.966. The van der Waals surface area contributed by atoms with Gasteiger partial charge < -0.3 is 4.74 Å². The van der Waals surface area contributed by atoms with Crippen LogP contribution in [0.5, 0.6) is 0 Å². The third-order valence-electron chi connectivity index (χ3n) is 11.7. The minimum absolute atomic E-state index is 0.0969. The topological polar surface area (TPSA) is 80.7 Å². The van der Waals surface area contributed by atoms with Gasteiger partial charge in [-0.1, -0.05) is 53.9 Å². The zero-order valence-electron chi connectivity index (χ0n) is 23.3. The first-order valence-corrected chi connectivity index (χ1v) is 16.1. The second kappa shape index (κ2) is 10.3. The van der Waals surface area contributed by atoms with E-state index >= 15 is 0 Å². The molecule has 5 nitrogen and oxygen atoms in total. The Labute approximate surface area is 222 Å². The van der Waals surface area contributed by atoms with Crippen molar-refractivity contribution in [3.63, 3.8) is 0 Å². The highest BCUT2D eigenvalue weighted by molar-refractivity contribution is 7.87. The van der Waals surface area contributed by atoms with Crippen molar-refractivity contribution in [1.29, 1.82) is 0 Å². The summed E-state index contributed by atoms with van der Waals surface area (Å²) in [6.07, 6.45) is 12.3. The third-order valence-corrected chi connectivity index (χ3v) is 12.5. The van der Waals surface area contributed by atoms with Gasteiger partial charge in [-0.25, -0.2) is 4.79 Å². The molecule has 214 valence electrons. The molecule has 4 rings (SSSR count). The van der Waals surface area contributed by atoms with E-state index in [-0.39, 0.29) is 11.3 Å². The van der Waals surface area contributed by atoms with E-state index in [4.69, 9.17) is 9.29 Å². The van der Waals surface area contributed by atoms with Crippen molar-refractivity contribution in [2.75, 3.05) is 0 Å². The molecule has 37 heavy (non-hydrogen) atoms. The molecule has 0 spiro atoms. The predicted molar refractivity (Wildman–Crippen MR) is 139 cm³/mol. The Hall–Kier alpha value is -0.760. The molecular weight excluding hydrogens is 498 g/mol. The average molecular weight is 547 g/mol. The maximum Gasteiger partial charge on any atom is 0.465 e. The van der Waals surface area contributed by atoms with Crippen LogP contribution in [-0.2, 0) is 19.6 Å². The van der Waals surface area contributed by atoms with Crippen molar-refractivity contribution in [3.05, 3.63) is 0 Å². The smallest absolute Gasteiger partial charge is 0.457 e. The quantitative estimate of drug-likeness (QED) is 0.252. The number of hydrogen-bond acceptors (Lipinski definition) is 4. The van der Waals surface area contributed by atoms with Crippen molar-refractivity contribution in [2.24, 2.45) is 52.3 Å². The van der Waals surface area contributed by atoms with Crippen molar-refractivity contribution in [3.8, 4) is 0 Å². The summed E-state index contributed by atoms with van der Waals surface area (Å²) >= 11 is 0. The van der Waals surface area contributed by atoms with Crippen molar-refractivity contribution in [1.82, 2.24) is 0 Å². The van der Waals surface area contributed by atoms with E-state index in [0.29, 0.717) is 30.1 Å². The molecule has 4 aliphatic carbocycles. The SMILES string of the molecule is CC(C)CCC[C@@H](C)[C@H]1CCC2C3CCC4CC(OC(=O)C(F)(F)S(=O)(=O)O)CC[C@]4(C)C3CC[C@@]21C. The van der Waals surface area contributed by atoms with E-state index < -0.39 is 27.4 Å². The molecule has 5 unspecified atom stereocenters. The van der Waals surface area contributed by atoms with E-state index in [0.717, 1.165) is 42.9 Å². The average Bonchev–Trinajstić information content (AvgIpc) is 3.15. The number of rotatable bonds is 8. The van der Waals surface area contributed by atoms with Crippen LogP contribution in [0.3, 0.4) is 0 Å². The first kappa shape index (κ1) is 29.2. The number of fused-ring (bicyclic) bond motifs is 5. The van der Waals surface area contributed by atoms with Gasteiger partial charge in [-0.15, -0.1) is 0 Å². The van der Waals surface area contributed by atoms with Crippen LogP contribution in [0.25, 0.3) is 0 Å². The van der Waals surface area contributed by atoms with Crippen molar-refractivity contribution in [2.45, 2.75) is 123 Å². The molecule has 0 bridgehead atoms. The van der Waals surface area contributed by atoms with E-state index in [1.165, 1.54) is 44.9 Å². The molecule has 9 atom stereocenters. The van der Waals surface area contributed by atoms with Crippen molar-refractivity contribution < 1.29 is 31.3 Å². The van der Waals surface area contributed by atoms with Crippen LogP contribution in [0.2, 0.25) is 0 Å². The van der Waals surface area contributed by atoms with Crippen LogP contribution >= 0.6 is 0 Å². The number of carbonyl (C=O) groups is 1. The second-order valence-electron chi connectivity index (χ2n) is 14.0. The standard InChI is InChI=1S/C29H48F2O5S/c1-18(2)7-6-8-19(3)23-11-12-24-22-10-9-20-17-21(36-26(32)29(30,31)37(33,34)35)13-15-27(20,4)25(22)14-16-28(23,24)5/h18-25H,6-17H2,1-5H3,(H,33,34,35)/t19-,20?,21?,22?,23-,24?,25?,27+,28-/m1/s1. The monoisotopic (exact) mass is 546 g/mol. The highest BCUT2D eigenvalue weighted by Crippen LogP contribution is 2.68. The summed E-state index contributed by atoms with van der Waals surface area (Å²) < 4.78 is 63.1. The Morgan fingerprint density at radius 2 is 1.62 bits per heavy atom. The normalized spacial score (nSPS) is 41.0. The fourth-order valence-electron chi connectivity index (χ4n) is 9.68. The van der Waals surface area contributed by atoms with Crippen LogP contribution in [0.1, 0.15) is 112 Å². The van der Waals surface area contributed by atoms with Gasteiger partial charge in [-0.05, 0) is 110 Å². The number of hydrogen-bond donors (Lipinski definition) is 1. The lowest BCUT2D eigenvalue weighted by Crippen LogP contribution is -2.54. The van der Waals surface area contributed by atoms with Gasteiger partial charge in [-0.3, -0.25) is 4.55 Å². The van der Waals surface area contributed by atoms with E-state index in [1.54, 1.807) is 0 Å². The Balaban J connectivity index is 1.41. The Bertz CT molecular complexity index is 952. The minimum Gasteiger partial charge on any atom is -0.457 e. The summed E-state index contributed by atoms with van der Waals surface area (Å²) in [6, 6.07) is 0. The van der Waals surface area contributed by atoms with Gasteiger partial charge in [0.05, 0.1) is 0 Å². The summed E-state index contributed by atoms with van der Waals surface area (Å²) in [5, 5.41) is -4.93. The maximum atomic E-state index is 13.7. The zero-order chi connectivity index (χ0) is 27.4. The number of halogens is 2. The lowest BCUT2D eigenvalue weighted by molar-refractivity contribution is -0.177. The number of alkyl halides is 2.